The van der Waals surface area contributed by atoms with Crippen molar-refractivity contribution >= 4 is 27.5 Å². The van der Waals surface area contributed by atoms with Crippen LogP contribution in [0.15, 0.2) is 53.0 Å². The lowest BCUT2D eigenvalue weighted by Crippen LogP contribution is -2.12. The smallest absolute Gasteiger partial charge is 0.224 e. The van der Waals surface area contributed by atoms with Gasteiger partial charge < -0.3 is 10.1 Å². The number of nitrogens with one attached hydrogen (secondary N) is 1. The number of carbonyl (C=O) groups is 1. The molecule has 0 aliphatic rings. The Labute approximate surface area is 144 Å². The predicted molar refractivity (Wildman–Crippen MR) is 93.3 cm³/mol. The number of nitriles is 1. The molecule has 0 radical (unpaired) electrons. The van der Waals surface area contributed by atoms with Gasteiger partial charge in [0.25, 0.3) is 0 Å². The first kappa shape index (κ1) is 17.0. The van der Waals surface area contributed by atoms with E-state index in [0.29, 0.717) is 25.9 Å². The summed E-state index contributed by atoms with van der Waals surface area (Å²) >= 11 is 3.38. The summed E-state index contributed by atoms with van der Waals surface area (Å²) < 4.78 is 6.55. The number of hydrogen-bond donors (Lipinski definition) is 1. The summed E-state index contributed by atoms with van der Waals surface area (Å²) in [5.41, 5.74) is 1.68. The normalized spacial score (nSPS) is 9.91. The minimum atomic E-state index is -0.0455. The monoisotopic (exact) mass is 372 g/mol. The van der Waals surface area contributed by atoms with E-state index >= 15 is 0 Å². The number of amides is 1. The van der Waals surface area contributed by atoms with E-state index in [0.717, 1.165) is 21.5 Å². The van der Waals surface area contributed by atoms with Gasteiger partial charge in [-0.1, -0.05) is 34.1 Å². The first-order chi connectivity index (χ1) is 11.2. The molecule has 2 aromatic rings. The van der Waals surface area contributed by atoms with E-state index in [1.165, 1.54) is 0 Å². The molecule has 0 aliphatic heterocycles. The summed E-state index contributed by atoms with van der Waals surface area (Å²) in [6.45, 7) is 0.491. The molecule has 2 aromatic carbocycles. The molecule has 0 aromatic heterocycles. The van der Waals surface area contributed by atoms with Crippen molar-refractivity contribution in [2.24, 2.45) is 0 Å². The van der Waals surface area contributed by atoms with Gasteiger partial charge in [-0.3, -0.25) is 4.79 Å². The molecule has 4 nitrogen and oxygen atoms in total. The van der Waals surface area contributed by atoms with E-state index in [1.54, 1.807) is 0 Å². The third kappa shape index (κ3) is 6.13. The van der Waals surface area contributed by atoms with Crippen LogP contribution in [0.2, 0.25) is 0 Å². The van der Waals surface area contributed by atoms with Crippen LogP contribution in [0.3, 0.4) is 0 Å². The van der Waals surface area contributed by atoms with Crippen molar-refractivity contribution in [3.63, 3.8) is 0 Å². The van der Waals surface area contributed by atoms with Crippen molar-refractivity contribution in [1.82, 2.24) is 0 Å². The average molecular weight is 373 g/mol. The van der Waals surface area contributed by atoms with Gasteiger partial charge in [0.15, 0.2) is 0 Å². The molecular weight excluding hydrogens is 356 g/mol. The zero-order valence-electron chi connectivity index (χ0n) is 12.6. The van der Waals surface area contributed by atoms with Crippen molar-refractivity contribution < 1.29 is 9.53 Å². The predicted octanol–water partition coefficient (Wildman–Crippen LogP) is 4.31. The van der Waals surface area contributed by atoms with Crippen LogP contribution in [0.5, 0.6) is 5.75 Å². The van der Waals surface area contributed by atoms with Crippen LogP contribution in [0, 0.1) is 11.3 Å². The molecule has 0 aliphatic carbocycles. The number of hydrogen-bond acceptors (Lipinski definition) is 3. The Bertz CT molecular complexity index is 693. The number of nitrogens with zero attached hydrogens (tertiary/aromatic N) is 1. The third-order valence-corrected chi connectivity index (χ3v) is 3.63. The van der Waals surface area contributed by atoms with Gasteiger partial charge in [-0.15, -0.1) is 0 Å². The molecule has 0 fully saturated rings. The molecule has 5 heteroatoms. The summed E-state index contributed by atoms with van der Waals surface area (Å²) in [6, 6.07) is 17.0. The fourth-order valence-electron chi connectivity index (χ4n) is 2.00. The summed E-state index contributed by atoms with van der Waals surface area (Å²) in [5, 5.41) is 11.5. The minimum absolute atomic E-state index is 0.0455. The van der Waals surface area contributed by atoms with Gasteiger partial charge in [0.2, 0.25) is 5.91 Å². The molecule has 0 bridgehead atoms. The van der Waals surface area contributed by atoms with Crippen molar-refractivity contribution in [2.45, 2.75) is 19.3 Å². The molecule has 1 N–H and O–H groups in total. The Morgan fingerprint density at radius 1 is 1.22 bits per heavy atom. The molecule has 118 valence electrons. The highest BCUT2D eigenvalue weighted by molar-refractivity contribution is 9.10. The van der Waals surface area contributed by atoms with Crippen LogP contribution in [0.25, 0.3) is 0 Å². The number of ether oxygens (including phenoxy) is 1. The lowest BCUT2D eigenvalue weighted by Gasteiger charge is -2.08. The zero-order valence-corrected chi connectivity index (χ0v) is 14.2. The van der Waals surface area contributed by atoms with E-state index in [2.05, 4.69) is 27.3 Å². The molecule has 0 saturated heterocycles. The van der Waals surface area contributed by atoms with E-state index in [9.17, 15) is 4.79 Å². The van der Waals surface area contributed by atoms with Crippen LogP contribution in [-0.2, 0) is 11.2 Å². The maximum absolute atomic E-state index is 11.9. The highest BCUT2D eigenvalue weighted by atomic mass is 79.9. The summed E-state index contributed by atoms with van der Waals surface area (Å²) in [4.78, 5) is 11.9. The summed E-state index contributed by atoms with van der Waals surface area (Å²) in [6.07, 6.45) is 1.42. The molecule has 2 rings (SSSR count). The second kappa shape index (κ2) is 8.96. The van der Waals surface area contributed by atoms with E-state index in [4.69, 9.17) is 10.00 Å². The van der Waals surface area contributed by atoms with Crippen LogP contribution in [-0.4, -0.2) is 12.5 Å². The zero-order chi connectivity index (χ0) is 16.5. The molecule has 0 atom stereocenters. The van der Waals surface area contributed by atoms with E-state index in [-0.39, 0.29) is 5.91 Å². The fourth-order valence-corrected chi connectivity index (χ4v) is 2.38. The Kier molecular flexibility index (Phi) is 6.64. The number of anilines is 1. The van der Waals surface area contributed by atoms with Crippen LogP contribution < -0.4 is 10.1 Å². The van der Waals surface area contributed by atoms with Crippen LogP contribution in [0.1, 0.15) is 18.4 Å². The van der Waals surface area contributed by atoms with Crippen molar-refractivity contribution in [3.05, 3.63) is 58.6 Å². The van der Waals surface area contributed by atoms with Crippen molar-refractivity contribution in [3.8, 4) is 11.8 Å². The average Bonchev–Trinajstić information content (AvgIpc) is 2.54. The molecule has 0 saturated carbocycles. The first-order valence-corrected chi connectivity index (χ1v) is 8.11. The Balaban J connectivity index is 1.69. The summed E-state index contributed by atoms with van der Waals surface area (Å²) in [7, 11) is 0. The van der Waals surface area contributed by atoms with Gasteiger partial charge in [-0.05, 0) is 42.3 Å². The molecular formula is C18H17BrN2O2. The van der Waals surface area contributed by atoms with Gasteiger partial charge in [-0.25, -0.2) is 0 Å². The molecule has 0 unspecified atom stereocenters. The second-order valence-electron chi connectivity index (χ2n) is 4.99. The molecule has 0 spiro atoms. The Morgan fingerprint density at radius 3 is 2.70 bits per heavy atom. The Morgan fingerprint density at radius 2 is 2.00 bits per heavy atom. The van der Waals surface area contributed by atoms with Crippen LogP contribution >= 0.6 is 15.9 Å². The summed E-state index contributed by atoms with van der Waals surface area (Å²) in [5.74, 6) is 0.740. The van der Waals surface area contributed by atoms with Gasteiger partial charge in [0.1, 0.15) is 5.75 Å². The molecule has 1 amide bonds. The van der Waals surface area contributed by atoms with Crippen molar-refractivity contribution in [2.75, 3.05) is 11.9 Å². The van der Waals surface area contributed by atoms with Crippen molar-refractivity contribution in [1.29, 1.82) is 5.26 Å². The number of benzene rings is 2. The van der Waals surface area contributed by atoms with Gasteiger partial charge in [0, 0.05) is 16.6 Å². The highest BCUT2D eigenvalue weighted by Gasteiger charge is 2.03. The fraction of sp³-hybridized carbons (Fsp3) is 0.222. The first-order valence-electron chi connectivity index (χ1n) is 7.31. The van der Waals surface area contributed by atoms with Gasteiger partial charge in [-0.2, -0.15) is 5.26 Å². The van der Waals surface area contributed by atoms with E-state index < -0.39 is 0 Å². The SMILES string of the molecule is N#CCc1ccc(NC(=O)CCCOc2cccc(Br)c2)cc1. The largest absolute Gasteiger partial charge is 0.494 e. The lowest BCUT2D eigenvalue weighted by atomic mass is 10.1. The standard InChI is InChI=1S/C18H17BrN2O2/c19-15-3-1-4-17(13-15)23-12-2-5-18(22)21-16-8-6-14(7-9-16)10-11-20/h1,3-4,6-9,13H,2,5,10,12H2,(H,21,22). The number of halogens is 1. The molecule has 23 heavy (non-hydrogen) atoms. The van der Waals surface area contributed by atoms with E-state index in [1.807, 2.05) is 48.5 Å². The second-order valence-corrected chi connectivity index (χ2v) is 5.91. The highest BCUT2D eigenvalue weighted by Crippen LogP contribution is 2.18. The quantitative estimate of drug-likeness (QED) is 0.736. The topological polar surface area (TPSA) is 62.1 Å². The number of carbonyl (C=O) groups excluding carboxylic acids is 1. The van der Waals surface area contributed by atoms with Crippen LogP contribution in [0.4, 0.5) is 5.69 Å². The minimum Gasteiger partial charge on any atom is -0.494 e. The maximum atomic E-state index is 11.9. The third-order valence-electron chi connectivity index (χ3n) is 3.13. The van der Waals surface area contributed by atoms with Gasteiger partial charge >= 0.3 is 0 Å². The Hall–Kier alpha value is -2.32. The molecule has 0 heterocycles. The maximum Gasteiger partial charge on any atom is 0.224 e. The van der Waals surface area contributed by atoms with Gasteiger partial charge in [0.05, 0.1) is 19.1 Å². The number of rotatable bonds is 7. The lowest BCUT2D eigenvalue weighted by molar-refractivity contribution is -0.116.